The number of hydrogen-bond acceptors (Lipinski definition) is 4. The highest BCUT2D eigenvalue weighted by Gasteiger charge is 2.36. The fraction of sp³-hybridized carbons (Fsp3) is 0.652. The second-order valence-electron chi connectivity index (χ2n) is 9.11. The van der Waals surface area contributed by atoms with Gasteiger partial charge in [-0.2, -0.15) is 4.31 Å². The lowest BCUT2D eigenvalue weighted by molar-refractivity contribution is -0.127. The van der Waals surface area contributed by atoms with Crippen molar-refractivity contribution in [3.05, 3.63) is 22.2 Å². The lowest BCUT2D eigenvalue weighted by Crippen LogP contribution is -2.47. The molecule has 2 aliphatic heterocycles. The van der Waals surface area contributed by atoms with Crippen molar-refractivity contribution in [2.45, 2.75) is 75.6 Å². The van der Waals surface area contributed by atoms with Crippen LogP contribution in [-0.2, 0) is 26.0 Å². The van der Waals surface area contributed by atoms with Crippen molar-refractivity contribution in [2.75, 3.05) is 24.5 Å². The van der Waals surface area contributed by atoms with Crippen LogP contribution >= 0.6 is 15.9 Å². The van der Waals surface area contributed by atoms with Crippen molar-refractivity contribution in [3.8, 4) is 0 Å². The van der Waals surface area contributed by atoms with Gasteiger partial charge in [-0.3, -0.25) is 9.59 Å². The van der Waals surface area contributed by atoms with Gasteiger partial charge < -0.3 is 10.2 Å². The number of piperidine rings is 1. The lowest BCUT2D eigenvalue weighted by Gasteiger charge is -2.33. The average molecular weight is 526 g/mol. The normalized spacial score (nSPS) is 22.6. The number of sulfonamides is 1. The quantitative estimate of drug-likeness (QED) is 0.636. The van der Waals surface area contributed by atoms with Crippen LogP contribution in [0.4, 0.5) is 5.69 Å². The van der Waals surface area contributed by atoms with Crippen molar-refractivity contribution < 1.29 is 18.0 Å². The fourth-order valence-corrected chi connectivity index (χ4v) is 7.71. The third kappa shape index (κ3) is 4.75. The smallest absolute Gasteiger partial charge is 0.244 e. The molecule has 0 bridgehead atoms. The van der Waals surface area contributed by atoms with E-state index in [0.717, 1.165) is 31.2 Å². The molecule has 32 heavy (non-hydrogen) atoms. The highest BCUT2D eigenvalue weighted by molar-refractivity contribution is 9.10. The summed E-state index contributed by atoms with van der Waals surface area (Å²) in [5, 5.41) is 3.16. The molecule has 1 aromatic rings. The van der Waals surface area contributed by atoms with Crippen LogP contribution in [0.3, 0.4) is 0 Å². The molecule has 1 N–H and O–H groups in total. The van der Waals surface area contributed by atoms with E-state index in [9.17, 15) is 18.0 Å². The molecule has 1 saturated carbocycles. The largest absolute Gasteiger partial charge is 0.353 e. The number of hydrogen-bond donors (Lipinski definition) is 1. The number of rotatable bonds is 5. The number of halogens is 1. The Balaban J connectivity index is 1.53. The number of amides is 2. The maximum atomic E-state index is 13.6. The summed E-state index contributed by atoms with van der Waals surface area (Å²) in [7, 11) is -3.80. The van der Waals surface area contributed by atoms with E-state index in [1.54, 1.807) is 11.0 Å². The Morgan fingerprint density at radius 2 is 1.84 bits per heavy atom. The van der Waals surface area contributed by atoms with Crippen LogP contribution in [0.5, 0.6) is 0 Å². The van der Waals surface area contributed by atoms with Gasteiger partial charge in [0.15, 0.2) is 0 Å². The van der Waals surface area contributed by atoms with E-state index >= 15 is 0 Å². The van der Waals surface area contributed by atoms with Crippen LogP contribution in [0.1, 0.15) is 63.9 Å². The van der Waals surface area contributed by atoms with Crippen molar-refractivity contribution in [3.63, 3.8) is 0 Å². The fourth-order valence-electron chi connectivity index (χ4n) is 5.12. The monoisotopic (exact) mass is 525 g/mol. The number of nitrogens with zero attached hydrogens (tertiary/aromatic N) is 2. The number of carbonyl (C=O) groups excluding carboxylic acids is 2. The van der Waals surface area contributed by atoms with Gasteiger partial charge in [0.05, 0.1) is 10.8 Å². The summed E-state index contributed by atoms with van der Waals surface area (Å²) in [6.45, 7) is 2.98. The topological polar surface area (TPSA) is 86.8 Å². The number of benzene rings is 1. The molecule has 1 aromatic carbocycles. The lowest BCUT2D eigenvalue weighted by atomic mass is 9.93. The summed E-state index contributed by atoms with van der Waals surface area (Å²) >= 11 is 3.45. The van der Waals surface area contributed by atoms with E-state index in [1.807, 2.05) is 13.0 Å². The highest BCUT2D eigenvalue weighted by Crippen LogP contribution is 2.37. The zero-order valence-corrected chi connectivity index (χ0v) is 21.0. The van der Waals surface area contributed by atoms with Crippen LogP contribution in [0.25, 0.3) is 0 Å². The van der Waals surface area contributed by atoms with Gasteiger partial charge in [-0.05, 0) is 65.7 Å². The molecule has 1 saturated heterocycles. The van der Waals surface area contributed by atoms with E-state index in [1.165, 1.54) is 10.7 Å². The van der Waals surface area contributed by atoms with Gasteiger partial charge in [0.1, 0.15) is 0 Å². The predicted molar refractivity (Wildman–Crippen MR) is 127 cm³/mol. The second-order valence-corrected chi connectivity index (χ2v) is 11.9. The average Bonchev–Trinajstić information content (AvgIpc) is 3.21. The Hall–Kier alpha value is -1.45. The molecule has 2 amide bonds. The molecule has 0 unspecified atom stereocenters. The van der Waals surface area contributed by atoms with Crippen LogP contribution in [0.15, 0.2) is 21.5 Å². The zero-order valence-electron chi connectivity index (χ0n) is 18.6. The van der Waals surface area contributed by atoms with Gasteiger partial charge in [0.2, 0.25) is 21.8 Å². The van der Waals surface area contributed by atoms with Gasteiger partial charge in [0, 0.05) is 42.3 Å². The van der Waals surface area contributed by atoms with Gasteiger partial charge in [-0.25, -0.2) is 8.42 Å². The Morgan fingerprint density at radius 3 is 2.56 bits per heavy atom. The molecule has 0 aromatic heterocycles. The molecule has 7 nitrogen and oxygen atoms in total. The summed E-state index contributed by atoms with van der Waals surface area (Å²) < 4.78 is 29.1. The summed E-state index contributed by atoms with van der Waals surface area (Å²) in [6, 6.07) is 3.67. The SMILES string of the molecule is CCC(=O)N1CCc2cc(Br)c(S(=O)(=O)N3CCC[C@H](C(=O)NC4CCCCC4)C3)cc21. The van der Waals surface area contributed by atoms with Crippen LogP contribution in [-0.4, -0.2) is 50.2 Å². The second kappa shape index (κ2) is 9.81. The third-order valence-electron chi connectivity index (χ3n) is 6.96. The van der Waals surface area contributed by atoms with Gasteiger partial charge in [-0.1, -0.05) is 26.2 Å². The Kier molecular flexibility index (Phi) is 7.27. The molecule has 1 aliphatic carbocycles. The van der Waals surface area contributed by atoms with Crippen molar-refractivity contribution >= 4 is 43.5 Å². The van der Waals surface area contributed by atoms with E-state index < -0.39 is 10.0 Å². The minimum absolute atomic E-state index is 0.00755. The zero-order chi connectivity index (χ0) is 22.9. The molecule has 2 fully saturated rings. The molecule has 0 spiro atoms. The summed E-state index contributed by atoms with van der Waals surface area (Å²) in [5.74, 6) is -0.358. The highest BCUT2D eigenvalue weighted by atomic mass is 79.9. The van der Waals surface area contributed by atoms with Crippen molar-refractivity contribution in [1.82, 2.24) is 9.62 Å². The summed E-state index contributed by atoms with van der Waals surface area (Å²) in [4.78, 5) is 27.0. The first-order chi connectivity index (χ1) is 15.3. The van der Waals surface area contributed by atoms with E-state index in [2.05, 4.69) is 21.2 Å². The minimum atomic E-state index is -3.80. The standard InChI is InChI=1S/C23H32BrN3O4S/c1-2-22(28)27-12-10-16-13-19(24)21(14-20(16)27)32(30,31)26-11-6-7-17(15-26)23(29)25-18-8-4-3-5-9-18/h13-14,17-18H,2-12,15H2,1H3,(H,25,29)/t17-/m0/s1. The van der Waals surface area contributed by atoms with Gasteiger partial charge >= 0.3 is 0 Å². The number of anilines is 1. The van der Waals surface area contributed by atoms with E-state index in [-0.39, 0.29) is 35.2 Å². The first-order valence-electron chi connectivity index (χ1n) is 11.7. The first-order valence-corrected chi connectivity index (χ1v) is 14.0. The van der Waals surface area contributed by atoms with Crippen molar-refractivity contribution in [2.24, 2.45) is 5.92 Å². The maximum absolute atomic E-state index is 13.6. The molecule has 9 heteroatoms. The molecule has 4 rings (SSSR count). The molecular formula is C23H32BrN3O4S. The van der Waals surface area contributed by atoms with Gasteiger partial charge in [0.25, 0.3) is 0 Å². The molecule has 176 valence electrons. The predicted octanol–water partition coefficient (Wildman–Crippen LogP) is 3.60. The molecule has 3 aliphatic rings. The minimum Gasteiger partial charge on any atom is -0.353 e. The van der Waals surface area contributed by atoms with E-state index in [0.29, 0.717) is 48.9 Å². The van der Waals surface area contributed by atoms with Crippen LogP contribution < -0.4 is 10.2 Å². The Morgan fingerprint density at radius 1 is 1.09 bits per heavy atom. The number of carbonyl (C=O) groups is 2. The molecule has 0 radical (unpaired) electrons. The maximum Gasteiger partial charge on any atom is 0.244 e. The molecular weight excluding hydrogens is 494 g/mol. The molecule has 2 heterocycles. The van der Waals surface area contributed by atoms with E-state index in [4.69, 9.17) is 0 Å². The number of nitrogens with one attached hydrogen (secondary N) is 1. The van der Waals surface area contributed by atoms with Crippen LogP contribution in [0, 0.1) is 5.92 Å². The molecule has 1 atom stereocenters. The number of fused-ring (bicyclic) bond motifs is 1. The summed E-state index contributed by atoms with van der Waals surface area (Å²) in [6.07, 6.45) is 7.97. The third-order valence-corrected chi connectivity index (χ3v) is 9.78. The Labute approximate surface area is 199 Å². The van der Waals surface area contributed by atoms with Crippen molar-refractivity contribution in [1.29, 1.82) is 0 Å². The first kappa shape index (κ1) is 23.7. The summed E-state index contributed by atoms with van der Waals surface area (Å²) in [5.41, 5.74) is 1.66. The van der Waals surface area contributed by atoms with Gasteiger partial charge in [-0.15, -0.1) is 0 Å². The Bertz CT molecular complexity index is 991. The van der Waals surface area contributed by atoms with Crippen LogP contribution in [0.2, 0.25) is 0 Å².